The Bertz CT molecular complexity index is 877. The van der Waals surface area contributed by atoms with Crippen LogP contribution in [0.15, 0.2) is 23.1 Å². The van der Waals surface area contributed by atoms with Crippen molar-refractivity contribution < 1.29 is 27.1 Å². The Balaban J connectivity index is 2.93. The minimum atomic E-state index is -3.87. The molecule has 148 valence electrons. The molecule has 0 fully saturated rings. The maximum absolute atomic E-state index is 13.9. The van der Waals surface area contributed by atoms with Crippen LogP contribution in [-0.2, 0) is 19.6 Å². The van der Waals surface area contributed by atoms with Crippen LogP contribution in [0.1, 0.15) is 31.1 Å². The largest absolute Gasteiger partial charge is 0.452 e. The number of hydrogen-bond donors (Lipinski definition) is 1. The van der Waals surface area contributed by atoms with Crippen molar-refractivity contribution >= 4 is 21.9 Å². The molecule has 1 rings (SSSR count). The molecular formula is C17H22FN3O5S. The standard InChI is InChI=1S/C17H22FN3O5S/c1-11(2)17(3,10-19)20-15(22)9-26-16(23)13-8-12(6-7-14(13)18)27(24,25)21(4)5/h6-8,11H,9H2,1-5H3,(H,20,22)/t17-/m1/s1. The highest BCUT2D eigenvalue weighted by Gasteiger charge is 2.30. The average molecular weight is 399 g/mol. The number of nitriles is 1. The maximum atomic E-state index is 13.9. The summed E-state index contributed by atoms with van der Waals surface area (Å²) in [6.45, 7) is 4.25. The first-order valence-corrected chi connectivity index (χ1v) is 9.40. The Kier molecular flexibility index (Phi) is 7.05. The zero-order valence-corrected chi connectivity index (χ0v) is 16.6. The van der Waals surface area contributed by atoms with Gasteiger partial charge in [0.2, 0.25) is 10.0 Å². The molecule has 0 aliphatic rings. The lowest BCUT2D eigenvalue weighted by Gasteiger charge is -2.27. The lowest BCUT2D eigenvalue weighted by atomic mass is 9.90. The van der Waals surface area contributed by atoms with Gasteiger partial charge in [-0.25, -0.2) is 21.9 Å². The van der Waals surface area contributed by atoms with Crippen LogP contribution in [0.5, 0.6) is 0 Å². The molecule has 27 heavy (non-hydrogen) atoms. The number of carbonyl (C=O) groups is 2. The molecule has 0 saturated carbocycles. The van der Waals surface area contributed by atoms with E-state index < -0.39 is 45.4 Å². The van der Waals surface area contributed by atoms with Gasteiger partial charge in [0.25, 0.3) is 5.91 Å². The van der Waals surface area contributed by atoms with E-state index >= 15 is 0 Å². The number of rotatable bonds is 7. The molecule has 0 heterocycles. The van der Waals surface area contributed by atoms with Gasteiger partial charge in [-0.1, -0.05) is 13.8 Å². The highest BCUT2D eigenvalue weighted by molar-refractivity contribution is 7.89. The van der Waals surface area contributed by atoms with Crippen LogP contribution >= 0.6 is 0 Å². The van der Waals surface area contributed by atoms with E-state index in [0.717, 1.165) is 22.5 Å². The Morgan fingerprint density at radius 2 is 1.96 bits per heavy atom. The van der Waals surface area contributed by atoms with Crippen LogP contribution in [-0.4, -0.2) is 50.8 Å². The molecule has 0 aromatic heterocycles. The van der Waals surface area contributed by atoms with Crippen molar-refractivity contribution in [3.05, 3.63) is 29.6 Å². The summed E-state index contributed by atoms with van der Waals surface area (Å²) >= 11 is 0. The quantitative estimate of drug-likeness (QED) is 0.691. The molecule has 1 atom stereocenters. The van der Waals surface area contributed by atoms with E-state index in [4.69, 9.17) is 10.00 Å². The van der Waals surface area contributed by atoms with Crippen LogP contribution in [0, 0.1) is 23.1 Å². The monoisotopic (exact) mass is 399 g/mol. The van der Waals surface area contributed by atoms with Gasteiger partial charge in [0.05, 0.1) is 16.5 Å². The van der Waals surface area contributed by atoms with Gasteiger partial charge in [0.15, 0.2) is 6.61 Å². The number of nitrogens with zero attached hydrogens (tertiary/aromatic N) is 2. The van der Waals surface area contributed by atoms with Crippen LogP contribution in [0.2, 0.25) is 0 Å². The maximum Gasteiger partial charge on any atom is 0.341 e. The highest BCUT2D eigenvalue weighted by atomic mass is 32.2. The number of halogens is 1. The van der Waals surface area contributed by atoms with Gasteiger partial charge >= 0.3 is 5.97 Å². The van der Waals surface area contributed by atoms with Crippen LogP contribution < -0.4 is 5.32 Å². The van der Waals surface area contributed by atoms with Crippen molar-refractivity contribution in [2.45, 2.75) is 31.2 Å². The Morgan fingerprint density at radius 3 is 2.44 bits per heavy atom. The molecular weight excluding hydrogens is 377 g/mol. The molecule has 8 nitrogen and oxygen atoms in total. The fourth-order valence-corrected chi connectivity index (χ4v) is 2.80. The van der Waals surface area contributed by atoms with Crippen LogP contribution in [0.4, 0.5) is 4.39 Å². The molecule has 0 radical (unpaired) electrons. The minimum absolute atomic E-state index is 0.201. The Hall–Kier alpha value is -2.51. The van der Waals surface area contributed by atoms with Crippen molar-refractivity contribution in [1.82, 2.24) is 9.62 Å². The summed E-state index contributed by atoms with van der Waals surface area (Å²) in [5.41, 5.74) is -1.77. The number of benzene rings is 1. The van der Waals surface area contributed by atoms with Crippen molar-refractivity contribution in [2.24, 2.45) is 5.92 Å². The van der Waals surface area contributed by atoms with Gasteiger partial charge in [0, 0.05) is 14.1 Å². The predicted molar refractivity (Wildman–Crippen MR) is 94.6 cm³/mol. The molecule has 0 unspecified atom stereocenters. The van der Waals surface area contributed by atoms with Gasteiger partial charge in [-0.05, 0) is 31.0 Å². The van der Waals surface area contributed by atoms with Crippen molar-refractivity contribution in [1.29, 1.82) is 5.26 Å². The average Bonchev–Trinajstić information content (AvgIpc) is 2.59. The number of sulfonamides is 1. The van der Waals surface area contributed by atoms with E-state index in [0.29, 0.717) is 0 Å². The van der Waals surface area contributed by atoms with E-state index in [1.165, 1.54) is 21.0 Å². The second-order valence-corrected chi connectivity index (χ2v) is 8.67. The van der Waals surface area contributed by atoms with Crippen molar-refractivity contribution in [3.63, 3.8) is 0 Å². The summed E-state index contributed by atoms with van der Waals surface area (Å²) in [5, 5.41) is 11.6. The second kappa shape index (κ2) is 8.45. The minimum Gasteiger partial charge on any atom is -0.452 e. The van der Waals surface area contributed by atoms with E-state index in [1.807, 2.05) is 6.07 Å². The fraction of sp³-hybridized carbons (Fsp3) is 0.471. The zero-order valence-electron chi connectivity index (χ0n) is 15.7. The molecule has 10 heteroatoms. The summed E-state index contributed by atoms with van der Waals surface area (Å²) in [4.78, 5) is 23.7. The van der Waals surface area contributed by atoms with E-state index in [1.54, 1.807) is 13.8 Å². The molecule has 0 aliphatic carbocycles. The fourth-order valence-electron chi connectivity index (χ4n) is 1.87. The van der Waals surface area contributed by atoms with E-state index in [-0.39, 0.29) is 10.8 Å². The normalized spacial score (nSPS) is 13.7. The summed E-state index contributed by atoms with van der Waals surface area (Å²) < 4.78 is 43.8. The smallest absolute Gasteiger partial charge is 0.341 e. The van der Waals surface area contributed by atoms with Gasteiger partial charge in [-0.15, -0.1) is 0 Å². The lowest BCUT2D eigenvalue weighted by Crippen LogP contribution is -2.50. The number of ether oxygens (including phenoxy) is 1. The number of carbonyl (C=O) groups excluding carboxylic acids is 2. The first-order chi connectivity index (χ1) is 12.3. The number of hydrogen-bond acceptors (Lipinski definition) is 6. The van der Waals surface area contributed by atoms with Crippen molar-refractivity contribution in [3.8, 4) is 6.07 Å². The Labute approximate surface area is 158 Å². The molecule has 0 saturated heterocycles. The van der Waals surface area contributed by atoms with Gasteiger partial charge < -0.3 is 10.1 Å². The third-order valence-electron chi connectivity index (χ3n) is 4.06. The molecule has 1 amide bonds. The van der Waals surface area contributed by atoms with E-state index in [9.17, 15) is 22.4 Å². The molecule has 0 bridgehead atoms. The molecule has 1 aromatic carbocycles. The Morgan fingerprint density at radius 1 is 1.37 bits per heavy atom. The van der Waals surface area contributed by atoms with Crippen LogP contribution in [0.3, 0.4) is 0 Å². The summed E-state index contributed by atoms with van der Waals surface area (Å²) in [6.07, 6.45) is 0. The number of amides is 1. The SMILES string of the molecule is CC(C)[C@@](C)(C#N)NC(=O)COC(=O)c1cc(S(=O)(=O)N(C)C)ccc1F. The molecule has 0 aliphatic heterocycles. The van der Waals surface area contributed by atoms with E-state index in [2.05, 4.69) is 5.32 Å². The first-order valence-electron chi connectivity index (χ1n) is 7.96. The zero-order chi connectivity index (χ0) is 21.0. The highest BCUT2D eigenvalue weighted by Crippen LogP contribution is 2.19. The van der Waals surface area contributed by atoms with Crippen molar-refractivity contribution in [2.75, 3.05) is 20.7 Å². The van der Waals surface area contributed by atoms with Crippen LogP contribution in [0.25, 0.3) is 0 Å². The van der Waals surface area contributed by atoms with Gasteiger partial charge in [-0.3, -0.25) is 4.79 Å². The molecule has 0 spiro atoms. The van der Waals surface area contributed by atoms with Gasteiger partial charge in [-0.2, -0.15) is 5.26 Å². The first kappa shape index (κ1) is 22.5. The summed E-state index contributed by atoms with van der Waals surface area (Å²) in [5.74, 6) is -3.12. The third kappa shape index (κ3) is 5.24. The number of nitrogens with one attached hydrogen (secondary N) is 1. The number of esters is 1. The second-order valence-electron chi connectivity index (χ2n) is 6.52. The topological polar surface area (TPSA) is 117 Å². The molecule has 1 N–H and O–H groups in total. The lowest BCUT2D eigenvalue weighted by molar-refractivity contribution is -0.125. The molecule has 1 aromatic rings. The van der Waals surface area contributed by atoms with Gasteiger partial charge in [0.1, 0.15) is 11.4 Å². The predicted octanol–water partition coefficient (Wildman–Crippen LogP) is 1.29. The summed E-state index contributed by atoms with van der Waals surface area (Å²) in [6, 6.07) is 4.67. The summed E-state index contributed by atoms with van der Waals surface area (Å²) in [7, 11) is -1.29. The third-order valence-corrected chi connectivity index (χ3v) is 5.87.